The molecule has 1 fully saturated rings. The number of aliphatic carboxylic acids is 1. The molecule has 0 heterocycles. The first kappa shape index (κ1) is 19.2. The Kier molecular flexibility index (Phi) is 6.42. The highest BCUT2D eigenvalue weighted by molar-refractivity contribution is 6.33. The molecule has 1 saturated carbocycles. The summed E-state index contributed by atoms with van der Waals surface area (Å²) in [4.78, 5) is 34.9. The molecule has 0 radical (unpaired) electrons. The van der Waals surface area contributed by atoms with Gasteiger partial charge in [-0.2, -0.15) is 0 Å². The van der Waals surface area contributed by atoms with Crippen LogP contribution in [0.1, 0.15) is 51.9 Å². The topological polar surface area (TPSA) is 95.5 Å². The van der Waals surface area contributed by atoms with Crippen LogP contribution in [-0.2, 0) is 14.4 Å². The molecule has 0 bridgehead atoms. The van der Waals surface area contributed by atoms with Crippen LogP contribution in [0.2, 0.25) is 5.02 Å². The number of carboxylic acids is 1. The van der Waals surface area contributed by atoms with Crippen LogP contribution in [0.15, 0.2) is 18.2 Å². The average molecular weight is 367 g/mol. The van der Waals surface area contributed by atoms with Crippen molar-refractivity contribution in [1.82, 2.24) is 0 Å². The number of hydrogen-bond acceptors (Lipinski definition) is 3. The van der Waals surface area contributed by atoms with Crippen LogP contribution in [0.5, 0.6) is 0 Å². The molecule has 0 aromatic heterocycles. The van der Waals surface area contributed by atoms with Crippen molar-refractivity contribution < 1.29 is 19.5 Å². The number of carboxylic acid groups (broad SMARTS) is 1. The van der Waals surface area contributed by atoms with Crippen molar-refractivity contribution in [3.63, 3.8) is 0 Å². The highest BCUT2D eigenvalue weighted by atomic mass is 35.5. The third-order valence-corrected chi connectivity index (χ3v) is 4.87. The molecular weight excluding hydrogens is 344 g/mol. The number of benzene rings is 1. The van der Waals surface area contributed by atoms with E-state index >= 15 is 0 Å². The predicted molar refractivity (Wildman–Crippen MR) is 96.8 cm³/mol. The van der Waals surface area contributed by atoms with E-state index < -0.39 is 11.4 Å². The van der Waals surface area contributed by atoms with E-state index in [1.54, 1.807) is 18.2 Å². The third-order valence-electron chi connectivity index (χ3n) is 4.54. The van der Waals surface area contributed by atoms with Gasteiger partial charge in [0.1, 0.15) is 0 Å². The lowest BCUT2D eigenvalue weighted by atomic mass is 9.69. The first-order valence-corrected chi connectivity index (χ1v) is 8.76. The molecule has 3 N–H and O–H groups in total. The van der Waals surface area contributed by atoms with E-state index in [4.69, 9.17) is 11.6 Å². The van der Waals surface area contributed by atoms with Gasteiger partial charge in [0.05, 0.1) is 17.1 Å². The zero-order valence-electron chi connectivity index (χ0n) is 14.2. The number of anilines is 2. The predicted octanol–water partition coefficient (Wildman–Crippen LogP) is 4.05. The summed E-state index contributed by atoms with van der Waals surface area (Å²) in [5.41, 5.74) is 0.463. The molecule has 0 spiro atoms. The van der Waals surface area contributed by atoms with Gasteiger partial charge in [-0.15, -0.1) is 0 Å². The molecule has 0 atom stereocenters. The SMILES string of the molecule is CC(=O)Nc1cc(NC(=O)CC2(CC(=O)O)CCCCC2)ccc1Cl. The van der Waals surface area contributed by atoms with Gasteiger partial charge in [0.2, 0.25) is 11.8 Å². The van der Waals surface area contributed by atoms with Crippen LogP contribution in [0, 0.1) is 5.41 Å². The fourth-order valence-corrected chi connectivity index (χ4v) is 3.64. The van der Waals surface area contributed by atoms with Crippen LogP contribution in [-0.4, -0.2) is 22.9 Å². The van der Waals surface area contributed by atoms with Gasteiger partial charge in [-0.1, -0.05) is 30.9 Å². The van der Waals surface area contributed by atoms with Crippen molar-refractivity contribution in [1.29, 1.82) is 0 Å². The lowest BCUT2D eigenvalue weighted by Crippen LogP contribution is -2.32. The molecule has 7 heteroatoms. The molecule has 0 unspecified atom stereocenters. The average Bonchev–Trinajstić information content (AvgIpc) is 2.50. The summed E-state index contributed by atoms with van der Waals surface area (Å²) in [6.07, 6.45) is 4.69. The third kappa shape index (κ3) is 5.74. The summed E-state index contributed by atoms with van der Waals surface area (Å²) in [5.74, 6) is -1.35. The fourth-order valence-electron chi connectivity index (χ4n) is 3.47. The monoisotopic (exact) mass is 366 g/mol. The van der Waals surface area contributed by atoms with Crippen LogP contribution in [0.4, 0.5) is 11.4 Å². The molecule has 0 saturated heterocycles. The quantitative estimate of drug-likeness (QED) is 0.707. The van der Waals surface area contributed by atoms with Gasteiger partial charge in [-0.25, -0.2) is 0 Å². The Hall–Kier alpha value is -2.08. The van der Waals surface area contributed by atoms with E-state index in [2.05, 4.69) is 10.6 Å². The maximum atomic E-state index is 12.5. The second-order valence-corrected chi connectivity index (χ2v) is 7.14. The highest BCUT2D eigenvalue weighted by Gasteiger charge is 2.36. The number of halogens is 1. The number of hydrogen-bond donors (Lipinski definition) is 3. The van der Waals surface area contributed by atoms with Gasteiger partial charge in [-0.3, -0.25) is 14.4 Å². The molecule has 1 aliphatic carbocycles. The number of carbonyl (C=O) groups excluding carboxylic acids is 2. The van der Waals surface area contributed by atoms with E-state index in [0.717, 1.165) is 32.1 Å². The molecule has 2 rings (SSSR count). The summed E-state index contributed by atoms with van der Waals surface area (Å²) < 4.78 is 0. The second-order valence-electron chi connectivity index (χ2n) is 6.73. The van der Waals surface area contributed by atoms with Crippen molar-refractivity contribution in [2.24, 2.45) is 5.41 Å². The molecule has 136 valence electrons. The van der Waals surface area contributed by atoms with E-state index in [-0.39, 0.29) is 24.7 Å². The minimum atomic E-state index is -0.867. The normalized spacial score (nSPS) is 16.1. The van der Waals surface area contributed by atoms with Crippen LogP contribution < -0.4 is 10.6 Å². The molecule has 1 aromatic rings. The highest BCUT2D eigenvalue weighted by Crippen LogP contribution is 2.42. The Bertz CT molecular complexity index is 669. The lowest BCUT2D eigenvalue weighted by Gasteiger charge is -2.35. The first-order valence-electron chi connectivity index (χ1n) is 8.38. The minimum absolute atomic E-state index is 0.0121. The Balaban J connectivity index is 2.07. The Morgan fingerprint density at radius 1 is 1.12 bits per heavy atom. The van der Waals surface area contributed by atoms with Crippen molar-refractivity contribution in [2.75, 3.05) is 10.6 Å². The van der Waals surface area contributed by atoms with Crippen molar-refractivity contribution >= 4 is 40.8 Å². The Labute approximate surface area is 151 Å². The summed E-state index contributed by atoms with van der Waals surface area (Å²) in [5, 5.41) is 15.0. The van der Waals surface area contributed by atoms with Gasteiger partial charge in [0, 0.05) is 19.0 Å². The molecule has 0 aliphatic heterocycles. The number of nitrogens with one attached hydrogen (secondary N) is 2. The largest absolute Gasteiger partial charge is 0.481 e. The standard InChI is InChI=1S/C18H23ClN2O4/c1-12(22)20-15-9-13(5-6-14(15)19)21-16(23)10-18(11-17(24)25)7-3-2-4-8-18/h5-6,9H,2-4,7-8,10-11H2,1H3,(H,20,22)(H,21,23)(H,24,25). The number of carbonyl (C=O) groups is 3. The second kappa shape index (κ2) is 8.34. The van der Waals surface area contributed by atoms with Gasteiger partial charge in [-0.05, 0) is 36.5 Å². The molecule has 2 amide bonds. The van der Waals surface area contributed by atoms with Gasteiger partial charge >= 0.3 is 5.97 Å². The lowest BCUT2D eigenvalue weighted by molar-refractivity contribution is -0.141. The zero-order chi connectivity index (χ0) is 18.4. The maximum Gasteiger partial charge on any atom is 0.303 e. The number of amides is 2. The molecular formula is C18H23ClN2O4. The van der Waals surface area contributed by atoms with Crippen molar-refractivity contribution in [2.45, 2.75) is 51.9 Å². The van der Waals surface area contributed by atoms with Crippen molar-refractivity contribution in [3.8, 4) is 0 Å². The fraction of sp³-hybridized carbons (Fsp3) is 0.500. The number of rotatable bonds is 6. The Morgan fingerprint density at radius 2 is 1.80 bits per heavy atom. The van der Waals surface area contributed by atoms with Crippen LogP contribution >= 0.6 is 11.6 Å². The molecule has 1 aliphatic rings. The van der Waals surface area contributed by atoms with E-state index in [1.165, 1.54) is 6.92 Å². The summed E-state index contributed by atoms with van der Waals surface area (Å²) in [6, 6.07) is 4.83. The van der Waals surface area contributed by atoms with Crippen LogP contribution in [0.25, 0.3) is 0 Å². The maximum absolute atomic E-state index is 12.5. The van der Waals surface area contributed by atoms with Gasteiger partial charge < -0.3 is 15.7 Å². The minimum Gasteiger partial charge on any atom is -0.481 e. The van der Waals surface area contributed by atoms with E-state index in [0.29, 0.717) is 16.4 Å². The van der Waals surface area contributed by atoms with E-state index in [9.17, 15) is 19.5 Å². The summed E-state index contributed by atoms with van der Waals surface area (Å²) in [7, 11) is 0. The summed E-state index contributed by atoms with van der Waals surface area (Å²) in [6.45, 7) is 1.38. The van der Waals surface area contributed by atoms with Gasteiger partial charge in [0.25, 0.3) is 0 Å². The Morgan fingerprint density at radius 3 is 2.40 bits per heavy atom. The van der Waals surface area contributed by atoms with Gasteiger partial charge in [0.15, 0.2) is 0 Å². The van der Waals surface area contributed by atoms with Crippen LogP contribution in [0.3, 0.4) is 0 Å². The molecule has 1 aromatic carbocycles. The first-order chi connectivity index (χ1) is 11.8. The molecule has 25 heavy (non-hydrogen) atoms. The summed E-state index contributed by atoms with van der Waals surface area (Å²) >= 11 is 6.02. The zero-order valence-corrected chi connectivity index (χ0v) is 15.0. The van der Waals surface area contributed by atoms with Crippen molar-refractivity contribution in [3.05, 3.63) is 23.2 Å². The smallest absolute Gasteiger partial charge is 0.303 e. The van der Waals surface area contributed by atoms with E-state index in [1.807, 2.05) is 0 Å². The molecule has 6 nitrogen and oxygen atoms in total.